The van der Waals surface area contributed by atoms with Crippen molar-refractivity contribution in [3.05, 3.63) is 52.7 Å². The van der Waals surface area contributed by atoms with E-state index >= 15 is 0 Å². The van der Waals surface area contributed by atoms with E-state index in [1.165, 1.54) is 11.0 Å². The summed E-state index contributed by atoms with van der Waals surface area (Å²) in [5, 5.41) is 4.68. The highest BCUT2D eigenvalue weighted by atomic mass is 32.1. The standard InChI is InChI=1S/C17H18N2O3S/c1-19(17(21)9-8-15-7-4-10-23-15)12-16(20)18-13-5-3-6-14(11-13)22-2/h3-11H,12H2,1-2H3,(H,18,20). The average Bonchev–Trinajstić information content (AvgIpc) is 3.06. The Morgan fingerprint density at radius 2 is 2.13 bits per heavy atom. The van der Waals surface area contributed by atoms with Crippen LogP contribution in [0.4, 0.5) is 5.69 Å². The van der Waals surface area contributed by atoms with Gasteiger partial charge in [-0.15, -0.1) is 11.3 Å². The third kappa shape index (κ3) is 5.27. The second-order valence-electron chi connectivity index (χ2n) is 4.82. The summed E-state index contributed by atoms with van der Waals surface area (Å²) in [6.45, 7) is -0.0230. The Balaban J connectivity index is 1.87. The summed E-state index contributed by atoms with van der Waals surface area (Å²) in [6, 6.07) is 10.9. The zero-order chi connectivity index (χ0) is 16.7. The molecular formula is C17H18N2O3S. The molecule has 0 saturated heterocycles. The van der Waals surface area contributed by atoms with E-state index < -0.39 is 0 Å². The molecule has 0 spiro atoms. The number of nitrogens with one attached hydrogen (secondary N) is 1. The molecule has 6 heteroatoms. The molecule has 2 amide bonds. The number of methoxy groups -OCH3 is 1. The summed E-state index contributed by atoms with van der Waals surface area (Å²) >= 11 is 1.55. The molecule has 1 N–H and O–H groups in total. The number of benzene rings is 1. The van der Waals surface area contributed by atoms with Crippen LogP contribution in [0.1, 0.15) is 4.88 Å². The van der Waals surface area contributed by atoms with E-state index in [9.17, 15) is 9.59 Å². The molecule has 23 heavy (non-hydrogen) atoms. The minimum atomic E-state index is -0.265. The number of likely N-dealkylation sites (N-methyl/N-ethyl adjacent to an activating group) is 1. The predicted molar refractivity (Wildman–Crippen MR) is 92.6 cm³/mol. The monoisotopic (exact) mass is 330 g/mol. The van der Waals surface area contributed by atoms with Gasteiger partial charge in [0.05, 0.1) is 13.7 Å². The Hall–Kier alpha value is -2.60. The number of amides is 2. The van der Waals surface area contributed by atoms with E-state index in [0.717, 1.165) is 4.88 Å². The first-order valence-electron chi connectivity index (χ1n) is 6.99. The van der Waals surface area contributed by atoms with E-state index in [2.05, 4.69) is 5.32 Å². The topological polar surface area (TPSA) is 58.6 Å². The van der Waals surface area contributed by atoms with Crippen molar-refractivity contribution in [1.82, 2.24) is 4.90 Å². The molecule has 1 aromatic heterocycles. The van der Waals surface area contributed by atoms with Gasteiger partial charge in [0, 0.05) is 29.8 Å². The highest BCUT2D eigenvalue weighted by molar-refractivity contribution is 7.10. The van der Waals surface area contributed by atoms with Crippen molar-refractivity contribution < 1.29 is 14.3 Å². The predicted octanol–water partition coefficient (Wildman–Crippen LogP) is 2.87. The molecule has 0 bridgehead atoms. The first-order valence-corrected chi connectivity index (χ1v) is 7.87. The maximum absolute atomic E-state index is 12.0. The number of rotatable bonds is 6. The number of ether oxygens (including phenoxy) is 1. The second kappa shape index (κ2) is 8.14. The molecule has 1 heterocycles. The molecule has 5 nitrogen and oxygen atoms in total. The lowest BCUT2D eigenvalue weighted by Gasteiger charge is -2.15. The fraction of sp³-hybridized carbons (Fsp3) is 0.176. The van der Waals surface area contributed by atoms with E-state index in [0.29, 0.717) is 11.4 Å². The second-order valence-corrected chi connectivity index (χ2v) is 5.80. The van der Waals surface area contributed by atoms with Crippen LogP contribution in [0, 0.1) is 0 Å². The summed E-state index contributed by atoms with van der Waals surface area (Å²) in [5.41, 5.74) is 0.629. The first kappa shape index (κ1) is 16.8. The molecule has 1 aromatic carbocycles. The van der Waals surface area contributed by atoms with E-state index in [-0.39, 0.29) is 18.4 Å². The molecule has 0 aliphatic heterocycles. The summed E-state index contributed by atoms with van der Waals surface area (Å²) in [5.74, 6) is 0.170. The van der Waals surface area contributed by atoms with Gasteiger partial charge in [0.15, 0.2) is 0 Å². The van der Waals surface area contributed by atoms with Crippen molar-refractivity contribution in [1.29, 1.82) is 0 Å². The Morgan fingerprint density at radius 1 is 1.30 bits per heavy atom. The third-order valence-corrected chi connectivity index (χ3v) is 3.88. The van der Waals surface area contributed by atoms with Gasteiger partial charge in [-0.05, 0) is 29.7 Å². The van der Waals surface area contributed by atoms with Crippen molar-refractivity contribution in [2.75, 3.05) is 26.0 Å². The maximum atomic E-state index is 12.0. The summed E-state index contributed by atoms with van der Waals surface area (Å²) in [6.07, 6.45) is 3.20. The van der Waals surface area contributed by atoms with Crippen LogP contribution in [0.3, 0.4) is 0 Å². The molecule has 0 saturated carbocycles. The number of anilines is 1. The summed E-state index contributed by atoms with van der Waals surface area (Å²) in [4.78, 5) is 26.3. The van der Waals surface area contributed by atoms with Crippen LogP contribution in [0.2, 0.25) is 0 Å². The van der Waals surface area contributed by atoms with Gasteiger partial charge in [0.25, 0.3) is 0 Å². The van der Waals surface area contributed by atoms with Crippen molar-refractivity contribution in [3.63, 3.8) is 0 Å². The fourth-order valence-electron chi connectivity index (χ4n) is 1.86. The number of carbonyl (C=O) groups excluding carboxylic acids is 2. The zero-order valence-electron chi connectivity index (χ0n) is 13.0. The van der Waals surface area contributed by atoms with Gasteiger partial charge in [0.2, 0.25) is 11.8 Å². The van der Waals surface area contributed by atoms with Crippen LogP contribution in [0.25, 0.3) is 6.08 Å². The Kier molecular flexibility index (Phi) is 5.94. The number of thiophene rings is 1. The van der Waals surface area contributed by atoms with Gasteiger partial charge in [-0.2, -0.15) is 0 Å². The van der Waals surface area contributed by atoms with Crippen LogP contribution in [0.15, 0.2) is 47.9 Å². The highest BCUT2D eigenvalue weighted by Gasteiger charge is 2.11. The Morgan fingerprint density at radius 3 is 2.83 bits per heavy atom. The van der Waals surface area contributed by atoms with Crippen molar-refractivity contribution in [2.24, 2.45) is 0 Å². The molecule has 0 aliphatic carbocycles. The van der Waals surface area contributed by atoms with Gasteiger partial charge in [-0.3, -0.25) is 9.59 Å². The molecule has 2 rings (SSSR count). The van der Waals surface area contributed by atoms with Crippen LogP contribution in [-0.2, 0) is 9.59 Å². The maximum Gasteiger partial charge on any atom is 0.246 e. The van der Waals surface area contributed by atoms with Gasteiger partial charge in [-0.25, -0.2) is 0 Å². The third-order valence-electron chi connectivity index (χ3n) is 3.04. The Bertz CT molecular complexity index is 696. The van der Waals surface area contributed by atoms with Crippen LogP contribution >= 0.6 is 11.3 Å². The van der Waals surface area contributed by atoms with Crippen molar-refractivity contribution in [2.45, 2.75) is 0 Å². The molecule has 0 aliphatic rings. The summed E-state index contributed by atoms with van der Waals surface area (Å²) < 4.78 is 5.10. The van der Waals surface area contributed by atoms with Crippen LogP contribution in [0.5, 0.6) is 5.75 Å². The smallest absolute Gasteiger partial charge is 0.246 e. The molecule has 0 atom stereocenters. The van der Waals surface area contributed by atoms with Gasteiger partial charge >= 0.3 is 0 Å². The number of hydrogen-bond acceptors (Lipinski definition) is 4. The minimum absolute atomic E-state index is 0.0230. The average molecular weight is 330 g/mol. The lowest BCUT2D eigenvalue weighted by atomic mass is 10.3. The molecular weight excluding hydrogens is 312 g/mol. The normalized spacial score (nSPS) is 10.5. The number of carbonyl (C=O) groups is 2. The molecule has 2 aromatic rings. The molecule has 0 unspecified atom stereocenters. The van der Waals surface area contributed by atoms with E-state index in [4.69, 9.17) is 4.74 Å². The molecule has 120 valence electrons. The largest absolute Gasteiger partial charge is 0.497 e. The van der Waals surface area contributed by atoms with E-state index in [1.807, 2.05) is 17.5 Å². The highest BCUT2D eigenvalue weighted by Crippen LogP contribution is 2.16. The quantitative estimate of drug-likeness (QED) is 0.829. The lowest BCUT2D eigenvalue weighted by molar-refractivity contribution is -0.129. The van der Waals surface area contributed by atoms with E-state index in [1.54, 1.807) is 55.8 Å². The first-order chi connectivity index (χ1) is 11.1. The van der Waals surface area contributed by atoms with Crippen LogP contribution < -0.4 is 10.1 Å². The molecule has 0 fully saturated rings. The van der Waals surface area contributed by atoms with Gasteiger partial charge < -0.3 is 15.0 Å². The Labute approximate surface area is 139 Å². The minimum Gasteiger partial charge on any atom is -0.497 e. The molecule has 0 radical (unpaired) electrons. The lowest BCUT2D eigenvalue weighted by Crippen LogP contribution is -2.33. The SMILES string of the molecule is COc1cccc(NC(=O)CN(C)C(=O)C=Cc2cccs2)c1. The zero-order valence-corrected chi connectivity index (χ0v) is 13.8. The van der Waals surface area contributed by atoms with Crippen molar-refractivity contribution >= 4 is 34.9 Å². The number of hydrogen-bond donors (Lipinski definition) is 1. The van der Waals surface area contributed by atoms with Crippen molar-refractivity contribution in [3.8, 4) is 5.75 Å². The summed E-state index contributed by atoms with van der Waals surface area (Å²) in [7, 11) is 3.15. The van der Waals surface area contributed by atoms with Gasteiger partial charge in [-0.1, -0.05) is 12.1 Å². The van der Waals surface area contributed by atoms with Crippen LogP contribution in [-0.4, -0.2) is 37.4 Å². The van der Waals surface area contributed by atoms with Gasteiger partial charge in [0.1, 0.15) is 5.75 Å². The number of nitrogens with zero attached hydrogens (tertiary/aromatic N) is 1. The fourth-order valence-corrected chi connectivity index (χ4v) is 2.48.